The zero-order chi connectivity index (χ0) is 22.7. The van der Waals surface area contributed by atoms with Gasteiger partial charge in [0.2, 0.25) is 6.79 Å². The number of likely N-dealkylation sites (N-methyl/N-ethyl adjacent to an activating group) is 1. The number of carbonyl (C=O) groups excluding carboxylic acids is 3. The summed E-state index contributed by atoms with van der Waals surface area (Å²) in [5, 5.41) is 3.26. The monoisotopic (exact) mass is 455 g/mol. The zero-order valence-corrected chi connectivity index (χ0v) is 18.3. The molecule has 1 aliphatic rings. The van der Waals surface area contributed by atoms with Crippen LogP contribution in [0.2, 0.25) is 0 Å². The predicted molar refractivity (Wildman–Crippen MR) is 117 cm³/mol. The van der Waals surface area contributed by atoms with Crippen LogP contribution in [0, 0.1) is 0 Å². The Morgan fingerprint density at radius 2 is 1.97 bits per heavy atom. The minimum Gasteiger partial charge on any atom is -0.454 e. The Kier molecular flexibility index (Phi) is 6.22. The molecule has 1 unspecified atom stereocenters. The van der Waals surface area contributed by atoms with Crippen LogP contribution in [-0.2, 0) is 20.9 Å². The van der Waals surface area contributed by atoms with Crippen molar-refractivity contribution in [2.75, 3.05) is 20.4 Å². The van der Waals surface area contributed by atoms with Gasteiger partial charge in [0.05, 0.1) is 16.8 Å². The van der Waals surface area contributed by atoms with Crippen LogP contribution in [0.5, 0.6) is 11.5 Å². The number of ether oxygens (including phenoxy) is 3. The van der Waals surface area contributed by atoms with Crippen LogP contribution >= 0.6 is 11.3 Å². The summed E-state index contributed by atoms with van der Waals surface area (Å²) in [4.78, 5) is 42.9. The topological polar surface area (TPSA) is 107 Å². The summed E-state index contributed by atoms with van der Waals surface area (Å²) in [6, 6.07) is 12.5. The van der Waals surface area contributed by atoms with Gasteiger partial charge in [0, 0.05) is 12.6 Å². The smallest absolute Gasteiger partial charge is 0.326 e. The number of aromatic nitrogens is 1. The molecule has 4 rings (SSSR count). The third-order valence-electron chi connectivity index (χ3n) is 4.77. The third kappa shape index (κ3) is 4.80. The number of amides is 2. The van der Waals surface area contributed by atoms with Gasteiger partial charge in [-0.2, -0.15) is 0 Å². The summed E-state index contributed by atoms with van der Waals surface area (Å²) in [6.45, 7) is 1.54. The molecular formula is C22H21N3O6S. The lowest BCUT2D eigenvalue weighted by Gasteiger charge is -2.20. The van der Waals surface area contributed by atoms with Gasteiger partial charge in [0.15, 0.2) is 17.6 Å². The SMILES string of the molecule is CC(OC(=O)CNC(=O)c1ccc2c(c1)OCO2)C(=O)N(C)Cc1nc2ccccc2s1. The molecule has 0 bridgehead atoms. The summed E-state index contributed by atoms with van der Waals surface area (Å²) in [5.74, 6) is -0.515. The fourth-order valence-corrected chi connectivity index (χ4v) is 4.18. The lowest BCUT2D eigenvalue weighted by Crippen LogP contribution is -2.39. The average Bonchev–Trinajstić information content (AvgIpc) is 3.42. The minimum absolute atomic E-state index is 0.103. The van der Waals surface area contributed by atoms with E-state index in [0.29, 0.717) is 23.6 Å². The summed E-state index contributed by atoms with van der Waals surface area (Å²) < 4.78 is 16.7. The highest BCUT2D eigenvalue weighted by Crippen LogP contribution is 2.32. The van der Waals surface area contributed by atoms with E-state index < -0.39 is 18.0 Å². The average molecular weight is 455 g/mol. The highest BCUT2D eigenvalue weighted by atomic mass is 32.1. The molecule has 2 amide bonds. The summed E-state index contributed by atoms with van der Waals surface area (Å²) in [6.07, 6.45) is -0.996. The number of nitrogens with one attached hydrogen (secondary N) is 1. The minimum atomic E-state index is -0.996. The maximum atomic E-state index is 12.6. The molecule has 0 saturated carbocycles. The fraction of sp³-hybridized carbons (Fsp3) is 0.273. The van der Waals surface area contributed by atoms with E-state index in [1.54, 1.807) is 19.2 Å². The van der Waals surface area contributed by atoms with Crippen molar-refractivity contribution in [3.63, 3.8) is 0 Å². The molecule has 1 N–H and O–H groups in total. The number of esters is 1. The fourth-order valence-electron chi connectivity index (χ4n) is 3.16. The zero-order valence-electron chi connectivity index (χ0n) is 17.5. The van der Waals surface area contributed by atoms with Gasteiger partial charge in [-0.05, 0) is 37.3 Å². The van der Waals surface area contributed by atoms with Crippen molar-refractivity contribution in [2.45, 2.75) is 19.6 Å². The molecule has 0 radical (unpaired) electrons. The molecule has 2 aromatic carbocycles. The second-order valence-corrected chi connectivity index (χ2v) is 8.27. The number of fused-ring (bicyclic) bond motifs is 2. The Hall–Kier alpha value is -3.66. The Morgan fingerprint density at radius 1 is 1.19 bits per heavy atom. The molecule has 32 heavy (non-hydrogen) atoms. The van der Waals surface area contributed by atoms with Crippen LogP contribution in [0.25, 0.3) is 10.2 Å². The standard InChI is InChI=1S/C22H21N3O6S/c1-13(22(28)25(2)11-19-24-15-5-3-4-6-18(15)32-19)31-20(26)10-23-21(27)14-7-8-16-17(9-14)30-12-29-16/h3-9,13H,10-12H2,1-2H3,(H,23,27). The predicted octanol–water partition coefficient (Wildman–Crippen LogP) is 2.35. The Bertz CT molecular complexity index is 1140. The van der Waals surface area contributed by atoms with Gasteiger partial charge < -0.3 is 24.4 Å². The van der Waals surface area contributed by atoms with Crippen LogP contribution in [0.15, 0.2) is 42.5 Å². The summed E-state index contributed by atoms with van der Waals surface area (Å²) in [5.41, 5.74) is 1.20. The molecule has 3 aromatic rings. The second-order valence-electron chi connectivity index (χ2n) is 7.15. The number of rotatable bonds is 7. The molecule has 0 saturated heterocycles. The van der Waals surface area contributed by atoms with Crippen molar-refractivity contribution in [3.05, 3.63) is 53.0 Å². The van der Waals surface area contributed by atoms with Crippen molar-refractivity contribution in [2.24, 2.45) is 0 Å². The van der Waals surface area contributed by atoms with E-state index >= 15 is 0 Å². The van der Waals surface area contributed by atoms with Crippen LogP contribution in [0.4, 0.5) is 0 Å². The number of benzene rings is 2. The van der Waals surface area contributed by atoms with Crippen molar-refractivity contribution < 1.29 is 28.6 Å². The number of carbonyl (C=O) groups is 3. The molecule has 0 fully saturated rings. The first kappa shape index (κ1) is 21.6. The first-order chi connectivity index (χ1) is 15.4. The lowest BCUT2D eigenvalue weighted by molar-refractivity contribution is -0.157. The van der Waals surface area contributed by atoms with Crippen LogP contribution in [0.3, 0.4) is 0 Å². The normalized spacial score (nSPS) is 12.9. The maximum Gasteiger partial charge on any atom is 0.326 e. The van der Waals surface area contributed by atoms with E-state index in [0.717, 1.165) is 15.2 Å². The molecule has 0 aliphatic carbocycles. The number of para-hydroxylation sites is 1. The van der Waals surface area contributed by atoms with E-state index in [9.17, 15) is 14.4 Å². The van der Waals surface area contributed by atoms with E-state index in [2.05, 4.69) is 10.3 Å². The largest absolute Gasteiger partial charge is 0.454 e. The van der Waals surface area contributed by atoms with Crippen LogP contribution in [0.1, 0.15) is 22.3 Å². The van der Waals surface area contributed by atoms with Crippen molar-refractivity contribution in [1.29, 1.82) is 0 Å². The molecular weight excluding hydrogens is 434 g/mol. The van der Waals surface area contributed by atoms with Crippen molar-refractivity contribution in [1.82, 2.24) is 15.2 Å². The van der Waals surface area contributed by atoms with E-state index in [1.807, 2.05) is 24.3 Å². The summed E-state index contributed by atoms with van der Waals surface area (Å²) in [7, 11) is 1.63. The quantitative estimate of drug-likeness (QED) is 0.545. The van der Waals surface area contributed by atoms with Gasteiger partial charge in [-0.15, -0.1) is 11.3 Å². The Balaban J connectivity index is 1.26. The van der Waals surface area contributed by atoms with Gasteiger partial charge in [0.1, 0.15) is 11.6 Å². The van der Waals surface area contributed by atoms with Gasteiger partial charge in [-0.25, -0.2) is 4.98 Å². The molecule has 9 nitrogen and oxygen atoms in total. The third-order valence-corrected chi connectivity index (χ3v) is 5.79. The van der Waals surface area contributed by atoms with Crippen LogP contribution < -0.4 is 14.8 Å². The molecule has 2 heterocycles. The van der Waals surface area contributed by atoms with E-state index in [1.165, 1.54) is 29.2 Å². The number of hydrogen-bond acceptors (Lipinski definition) is 8. The molecule has 0 spiro atoms. The van der Waals surface area contributed by atoms with Crippen molar-refractivity contribution in [3.8, 4) is 11.5 Å². The molecule has 1 aromatic heterocycles. The second kappa shape index (κ2) is 9.23. The summed E-state index contributed by atoms with van der Waals surface area (Å²) >= 11 is 1.51. The Morgan fingerprint density at radius 3 is 2.78 bits per heavy atom. The van der Waals surface area contributed by atoms with E-state index in [-0.39, 0.29) is 19.2 Å². The number of thiazole rings is 1. The molecule has 1 atom stereocenters. The first-order valence-electron chi connectivity index (χ1n) is 9.87. The van der Waals surface area contributed by atoms with Gasteiger partial charge in [-0.1, -0.05) is 12.1 Å². The molecule has 1 aliphatic heterocycles. The maximum absolute atomic E-state index is 12.6. The molecule has 166 valence electrons. The Labute approximate surface area is 187 Å². The van der Waals surface area contributed by atoms with Crippen LogP contribution in [-0.4, -0.2) is 54.2 Å². The number of hydrogen-bond donors (Lipinski definition) is 1. The van der Waals surface area contributed by atoms with Crippen molar-refractivity contribution >= 4 is 39.3 Å². The van der Waals surface area contributed by atoms with Gasteiger partial charge >= 0.3 is 5.97 Å². The highest BCUT2D eigenvalue weighted by Gasteiger charge is 2.23. The van der Waals surface area contributed by atoms with Gasteiger partial charge in [0.25, 0.3) is 11.8 Å². The highest BCUT2D eigenvalue weighted by molar-refractivity contribution is 7.18. The van der Waals surface area contributed by atoms with E-state index in [4.69, 9.17) is 14.2 Å². The first-order valence-corrected chi connectivity index (χ1v) is 10.7. The number of nitrogens with zero attached hydrogens (tertiary/aromatic N) is 2. The van der Waals surface area contributed by atoms with Gasteiger partial charge in [-0.3, -0.25) is 14.4 Å². The lowest BCUT2D eigenvalue weighted by atomic mass is 10.2. The molecule has 10 heteroatoms.